The Bertz CT molecular complexity index is 1210. The summed E-state index contributed by atoms with van der Waals surface area (Å²) < 4.78 is 2.41. The molecule has 0 bridgehead atoms. The Labute approximate surface area is 188 Å². The second-order valence-electron chi connectivity index (χ2n) is 8.00. The zero-order chi connectivity index (χ0) is 20.1. The van der Waals surface area contributed by atoms with Crippen molar-refractivity contribution in [1.29, 1.82) is 0 Å². The molecule has 0 spiro atoms. The van der Waals surface area contributed by atoms with Crippen LogP contribution >= 0.6 is 23.7 Å². The lowest BCUT2D eigenvalue weighted by molar-refractivity contribution is 0.617. The number of nitrogens with zero attached hydrogens (tertiary/aromatic N) is 4. The molecule has 3 aromatic heterocycles. The fraction of sp³-hybridized carbons (Fsp3) is 0.333. The summed E-state index contributed by atoms with van der Waals surface area (Å²) in [5, 5.41) is 4.59. The van der Waals surface area contributed by atoms with Crippen LogP contribution in [0.4, 0.5) is 5.82 Å². The van der Waals surface area contributed by atoms with Crippen molar-refractivity contribution < 1.29 is 0 Å². The molecule has 1 unspecified atom stereocenters. The van der Waals surface area contributed by atoms with E-state index in [1.807, 2.05) is 6.20 Å². The second-order valence-corrected chi connectivity index (χ2v) is 9.07. The molecule has 1 aromatic carbocycles. The van der Waals surface area contributed by atoms with Crippen LogP contribution in [-0.4, -0.2) is 21.1 Å². The first-order valence-electron chi connectivity index (χ1n) is 10.2. The van der Waals surface area contributed by atoms with E-state index in [2.05, 4.69) is 72.9 Å². The van der Waals surface area contributed by atoms with Crippen LogP contribution < -0.4 is 4.90 Å². The summed E-state index contributed by atoms with van der Waals surface area (Å²) in [5.74, 6) is 1.09. The number of fused-ring (bicyclic) bond motifs is 2. The summed E-state index contributed by atoms with van der Waals surface area (Å²) >= 11 is 1.72. The van der Waals surface area contributed by atoms with Gasteiger partial charge in [0, 0.05) is 29.2 Å². The van der Waals surface area contributed by atoms with E-state index >= 15 is 0 Å². The van der Waals surface area contributed by atoms with Crippen LogP contribution in [0.2, 0.25) is 0 Å². The van der Waals surface area contributed by atoms with E-state index in [1.165, 1.54) is 33.3 Å². The Morgan fingerprint density at radius 1 is 1.13 bits per heavy atom. The minimum atomic E-state index is 0. The smallest absolute Gasteiger partial charge is 0.153 e. The fourth-order valence-electron chi connectivity index (χ4n) is 4.69. The predicted octanol–water partition coefficient (Wildman–Crippen LogP) is 6.01. The van der Waals surface area contributed by atoms with Crippen molar-refractivity contribution in [1.82, 2.24) is 14.5 Å². The molecule has 0 fully saturated rings. The molecule has 0 saturated heterocycles. The van der Waals surface area contributed by atoms with Gasteiger partial charge in [0.1, 0.15) is 0 Å². The van der Waals surface area contributed by atoms with Gasteiger partial charge in [0.15, 0.2) is 5.82 Å². The Morgan fingerprint density at radius 3 is 2.70 bits per heavy atom. The monoisotopic (exact) mass is 438 g/mol. The van der Waals surface area contributed by atoms with Crippen molar-refractivity contribution in [2.75, 3.05) is 11.4 Å². The summed E-state index contributed by atoms with van der Waals surface area (Å²) in [4.78, 5) is 12.1. The number of halogens is 1. The molecular weight excluding hydrogens is 412 g/mol. The summed E-state index contributed by atoms with van der Waals surface area (Å²) in [5.41, 5.74) is 7.87. The van der Waals surface area contributed by atoms with Crippen LogP contribution in [0.15, 0.2) is 41.9 Å². The summed E-state index contributed by atoms with van der Waals surface area (Å²) in [7, 11) is 0. The van der Waals surface area contributed by atoms with Crippen LogP contribution in [-0.2, 0) is 13.0 Å². The van der Waals surface area contributed by atoms with Gasteiger partial charge in [-0.15, -0.1) is 23.7 Å². The van der Waals surface area contributed by atoms with E-state index < -0.39 is 0 Å². The van der Waals surface area contributed by atoms with Crippen LogP contribution in [0.3, 0.4) is 0 Å². The van der Waals surface area contributed by atoms with Gasteiger partial charge >= 0.3 is 0 Å². The van der Waals surface area contributed by atoms with Crippen molar-refractivity contribution >= 4 is 40.5 Å². The molecule has 0 aliphatic carbocycles. The highest BCUT2D eigenvalue weighted by atomic mass is 35.5. The molecule has 5 rings (SSSR count). The van der Waals surface area contributed by atoms with Gasteiger partial charge in [0.2, 0.25) is 0 Å². The molecule has 30 heavy (non-hydrogen) atoms. The molecule has 0 radical (unpaired) electrons. The first-order valence-corrected chi connectivity index (χ1v) is 11.1. The third-order valence-corrected chi connectivity index (χ3v) is 7.20. The number of anilines is 1. The van der Waals surface area contributed by atoms with Gasteiger partial charge in [-0.05, 0) is 56.9 Å². The number of rotatable bonds is 3. The molecule has 4 nitrogen and oxygen atoms in total. The van der Waals surface area contributed by atoms with Gasteiger partial charge in [-0.1, -0.05) is 24.3 Å². The van der Waals surface area contributed by atoms with Crippen LogP contribution in [0, 0.1) is 20.8 Å². The predicted molar refractivity (Wildman–Crippen MR) is 128 cm³/mol. The third-order valence-electron chi connectivity index (χ3n) is 6.38. The summed E-state index contributed by atoms with van der Waals surface area (Å²) in [6.07, 6.45) is 3.03. The minimum Gasteiger partial charge on any atom is -0.348 e. The summed E-state index contributed by atoms with van der Waals surface area (Å²) in [6, 6.07) is 11.3. The van der Waals surface area contributed by atoms with Crippen LogP contribution in [0.25, 0.3) is 10.9 Å². The van der Waals surface area contributed by atoms with Crippen molar-refractivity contribution in [2.45, 2.75) is 46.7 Å². The molecule has 0 saturated carbocycles. The van der Waals surface area contributed by atoms with Gasteiger partial charge in [0.05, 0.1) is 28.8 Å². The molecule has 4 aromatic rings. The number of hydrogen-bond acceptors (Lipinski definition) is 4. The summed E-state index contributed by atoms with van der Waals surface area (Å²) in [6.45, 7) is 10.6. The Morgan fingerprint density at radius 2 is 1.93 bits per heavy atom. The second kappa shape index (κ2) is 8.05. The van der Waals surface area contributed by atoms with Crippen molar-refractivity contribution in [2.24, 2.45) is 0 Å². The van der Waals surface area contributed by atoms with E-state index in [-0.39, 0.29) is 12.4 Å². The maximum Gasteiger partial charge on any atom is 0.153 e. The maximum atomic E-state index is 4.90. The molecule has 6 heteroatoms. The molecule has 1 atom stereocenters. The van der Waals surface area contributed by atoms with Crippen molar-refractivity contribution in [3.8, 4) is 0 Å². The van der Waals surface area contributed by atoms with E-state index in [0.29, 0.717) is 6.04 Å². The zero-order valence-electron chi connectivity index (χ0n) is 17.8. The Hall–Kier alpha value is -2.37. The number of aromatic nitrogens is 3. The minimum absolute atomic E-state index is 0. The van der Waals surface area contributed by atoms with Gasteiger partial charge in [-0.2, -0.15) is 0 Å². The highest BCUT2D eigenvalue weighted by Gasteiger charge is 2.27. The number of hydrogen-bond donors (Lipinski definition) is 0. The standard InChI is InChI=1S/C24H26N4S.ClH/c1-15-16(2)28(13-20-14-29-18(4)26-20)23-21(15)9-11-25-24(23)27-12-10-19-7-5-6-8-22(19)17(27)3;/h5-9,11,14,17H,10,12-13H2,1-4H3;1H. The normalized spacial score (nSPS) is 15.9. The van der Waals surface area contributed by atoms with E-state index in [4.69, 9.17) is 9.97 Å². The lowest BCUT2D eigenvalue weighted by Gasteiger charge is -2.36. The highest BCUT2D eigenvalue weighted by Crippen LogP contribution is 2.38. The highest BCUT2D eigenvalue weighted by molar-refractivity contribution is 7.09. The number of benzene rings is 1. The van der Waals surface area contributed by atoms with Crippen LogP contribution in [0.5, 0.6) is 0 Å². The number of aryl methyl sites for hydroxylation is 2. The van der Waals surface area contributed by atoms with Gasteiger partial charge in [-0.3, -0.25) is 0 Å². The van der Waals surface area contributed by atoms with Crippen molar-refractivity contribution in [3.05, 3.63) is 75.0 Å². The first-order chi connectivity index (χ1) is 14.0. The molecule has 1 aliphatic rings. The number of pyridine rings is 1. The lowest BCUT2D eigenvalue weighted by Crippen LogP contribution is -2.34. The average molecular weight is 439 g/mol. The SMILES string of the molecule is Cc1nc(Cn2c(C)c(C)c3ccnc(N4CCc5ccccc5C4C)c32)cs1.Cl. The topological polar surface area (TPSA) is 34.0 Å². The van der Waals surface area contributed by atoms with E-state index in [0.717, 1.165) is 36.0 Å². The average Bonchev–Trinajstić information content (AvgIpc) is 3.25. The Kier molecular flexibility index (Phi) is 5.60. The third kappa shape index (κ3) is 3.30. The van der Waals surface area contributed by atoms with E-state index in [1.54, 1.807) is 11.3 Å². The first kappa shape index (κ1) is 20.9. The molecular formula is C24H27ClN4S. The molecule has 0 amide bonds. The van der Waals surface area contributed by atoms with Gasteiger partial charge < -0.3 is 9.47 Å². The molecule has 4 heterocycles. The van der Waals surface area contributed by atoms with E-state index in [9.17, 15) is 0 Å². The zero-order valence-corrected chi connectivity index (χ0v) is 19.5. The van der Waals surface area contributed by atoms with Gasteiger partial charge in [-0.25, -0.2) is 9.97 Å². The van der Waals surface area contributed by atoms with Crippen LogP contribution in [0.1, 0.15) is 46.1 Å². The molecule has 1 aliphatic heterocycles. The number of thiazole rings is 1. The maximum absolute atomic E-state index is 4.90. The largest absolute Gasteiger partial charge is 0.348 e. The molecule has 0 N–H and O–H groups in total. The Balaban J connectivity index is 0.00000218. The van der Waals surface area contributed by atoms with Gasteiger partial charge in [0.25, 0.3) is 0 Å². The quantitative estimate of drug-likeness (QED) is 0.392. The lowest BCUT2D eigenvalue weighted by atomic mass is 9.93. The van der Waals surface area contributed by atoms with Crippen molar-refractivity contribution in [3.63, 3.8) is 0 Å². The molecule has 156 valence electrons. The fourth-order valence-corrected chi connectivity index (χ4v) is 5.29.